The summed E-state index contributed by atoms with van der Waals surface area (Å²) >= 11 is 3.54. The van der Waals surface area contributed by atoms with E-state index in [2.05, 4.69) is 36.5 Å². The zero-order chi connectivity index (χ0) is 15.4. The minimum absolute atomic E-state index is 0.541. The molecule has 4 nitrogen and oxygen atoms in total. The van der Waals surface area contributed by atoms with Gasteiger partial charge in [0.2, 0.25) is 5.95 Å². The second-order valence-corrected chi connectivity index (χ2v) is 6.66. The molecular weight excluding hydrogens is 340 g/mol. The van der Waals surface area contributed by atoms with Gasteiger partial charge in [0.25, 0.3) is 0 Å². The Morgan fingerprint density at radius 2 is 1.86 bits per heavy atom. The number of hydrogen-bond acceptors (Lipinski definition) is 4. The molecule has 116 valence electrons. The van der Waals surface area contributed by atoms with Crippen molar-refractivity contribution in [2.45, 2.75) is 45.1 Å². The predicted molar refractivity (Wildman–Crippen MR) is 94.7 cm³/mol. The van der Waals surface area contributed by atoms with Crippen molar-refractivity contribution in [2.24, 2.45) is 0 Å². The monoisotopic (exact) mass is 360 g/mol. The van der Waals surface area contributed by atoms with Crippen LogP contribution >= 0.6 is 15.9 Å². The molecule has 0 atom stereocenters. The second kappa shape index (κ2) is 7.09. The average Bonchev–Trinajstić information content (AvgIpc) is 2.50. The normalized spacial score (nSPS) is 15.5. The van der Waals surface area contributed by atoms with E-state index >= 15 is 0 Å². The molecular formula is C17H21BrN4. The first kappa shape index (κ1) is 15.3. The standard InChI is InChI=1S/C17H21BrN4/c1-12-11-16(20-13-7-3-2-4-8-13)22-17(19-12)21-15-10-6-5-9-14(15)18/h5-6,9-11,13H,2-4,7-8H2,1H3,(H2,19,20,21,22). The fraction of sp³-hybridized carbons (Fsp3) is 0.412. The van der Waals surface area contributed by atoms with Crippen LogP contribution in [0, 0.1) is 6.92 Å². The number of benzene rings is 1. The molecule has 1 aromatic carbocycles. The minimum Gasteiger partial charge on any atom is -0.367 e. The summed E-state index contributed by atoms with van der Waals surface area (Å²) in [7, 11) is 0. The Kier molecular flexibility index (Phi) is 4.93. The molecule has 0 radical (unpaired) electrons. The van der Waals surface area contributed by atoms with Crippen LogP contribution in [0.25, 0.3) is 0 Å². The number of rotatable bonds is 4. The first-order valence-corrected chi connectivity index (χ1v) is 8.64. The van der Waals surface area contributed by atoms with Crippen molar-refractivity contribution in [3.8, 4) is 0 Å². The molecule has 1 aliphatic carbocycles. The largest absolute Gasteiger partial charge is 0.367 e. The number of nitrogens with one attached hydrogen (secondary N) is 2. The summed E-state index contributed by atoms with van der Waals surface area (Å²) in [4.78, 5) is 9.09. The fourth-order valence-corrected chi connectivity index (χ4v) is 3.22. The SMILES string of the molecule is Cc1cc(NC2CCCCC2)nc(Nc2ccccc2Br)n1. The summed E-state index contributed by atoms with van der Waals surface area (Å²) in [6.07, 6.45) is 6.44. The molecule has 0 unspecified atom stereocenters. The highest BCUT2D eigenvalue weighted by atomic mass is 79.9. The van der Waals surface area contributed by atoms with Gasteiger partial charge < -0.3 is 10.6 Å². The van der Waals surface area contributed by atoms with E-state index in [0.29, 0.717) is 12.0 Å². The quantitative estimate of drug-likeness (QED) is 0.801. The van der Waals surface area contributed by atoms with Crippen LogP contribution in [0.15, 0.2) is 34.8 Å². The third-order valence-corrected chi connectivity index (χ3v) is 4.62. The highest BCUT2D eigenvalue weighted by Crippen LogP contribution is 2.25. The Bertz CT molecular complexity index is 638. The first-order valence-electron chi connectivity index (χ1n) is 7.84. The Balaban J connectivity index is 1.76. The lowest BCUT2D eigenvalue weighted by molar-refractivity contribution is 0.462. The maximum absolute atomic E-state index is 4.61. The molecule has 0 aliphatic heterocycles. The summed E-state index contributed by atoms with van der Waals surface area (Å²) in [5.41, 5.74) is 1.93. The third kappa shape index (κ3) is 3.97. The van der Waals surface area contributed by atoms with Crippen molar-refractivity contribution in [3.05, 3.63) is 40.5 Å². The van der Waals surface area contributed by atoms with Gasteiger partial charge in [-0.25, -0.2) is 4.98 Å². The first-order chi connectivity index (χ1) is 10.7. The van der Waals surface area contributed by atoms with Gasteiger partial charge in [0.05, 0.1) is 5.69 Å². The van der Waals surface area contributed by atoms with Crippen LogP contribution in [0.3, 0.4) is 0 Å². The molecule has 0 amide bonds. The Hall–Kier alpha value is -1.62. The van der Waals surface area contributed by atoms with Gasteiger partial charge in [0, 0.05) is 22.3 Å². The van der Waals surface area contributed by atoms with E-state index in [1.54, 1.807) is 0 Å². The summed E-state index contributed by atoms with van der Waals surface area (Å²) in [5, 5.41) is 6.84. The number of nitrogens with zero attached hydrogens (tertiary/aromatic N) is 2. The van der Waals surface area contributed by atoms with Crippen LogP contribution in [0.1, 0.15) is 37.8 Å². The number of halogens is 1. The molecule has 1 saturated carbocycles. The zero-order valence-electron chi connectivity index (χ0n) is 12.8. The molecule has 1 fully saturated rings. The van der Waals surface area contributed by atoms with Crippen LogP contribution in [-0.4, -0.2) is 16.0 Å². The molecule has 1 heterocycles. The van der Waals surface area contributed by atoms with Crippen molar-refractivity contribution < 1.29 is 0 Å². The van der Waals surface area contributed by atoms with Gasteiger partial charge in [0.15, 0.2) is 0 Å². The van der Waals surface area contributed by atoms with E-state index in [0.717, 1.165) is 21.7 Å². The van der Waals surface area contributed by atoms with Crippen molar-refractivity contribution in [2.75, 3.05) is 10.6 Å². The van der Waals surface area contributed by atoms with Crippen LogP contribution in [0.2, 0.25) is 0 Å². The Morgan fingerprint density at radius 3 is 2.64 bits per heavy atom. The van der Waals surface area contributed by atoms with Gasteiger partial charge >= 0.3 is 0 Å². The molecule has 2 N–H and O–H groups in total. The molecule has 5 heteroatoms. The maximum Gasteiger partial charge on any atom is 0.229 e. The number of para-hydroxylation sites is 1. The minimum atomic E-state index is 0.541. The molecule has 0 spiro atoms. The lowest BCUT2D eigenvalue weighted by Gasteiger charge is -2.23. The number of anilines is 3. The molecule has 2 aromatic rings. The molecule has 1 aromatic heterocycles. The van der Waals surface area contributed by atoms with Crippen molar-refractivity contribution >= 4 is 33.4 Å². The van der Waals surface area contributed by atoms with Gasteiger partial charge in [0.1, 0.15) is 5.82 Å². The van der Waals surface area contributed by atoms with Crippen LogP contribution in [-0.2, 0) is 0 Å². The summed E-state index contributed by atoms with van der Waals surface area (Å²) < 4.78 is 1.00. The topological polar surface area (TPSA) is 49.8 Å². The molecule has 0 saturated heterocycles. The van der Waals surface area contributed by atoms with Gasteiger partial charge in [-0.05, 0) is 47.8 Å². The van der Waals surface area contributed by atoms with E-state index in [-0.39, 0.29) is 0 Å². The maximum atomic E-state index is 4.61. The number of aromatic nitrogens is 2. The highest BCUT2D eigenvalue weighted by molar-refractivity contribution is 9.10. The van der Waals surface area contributed by atoms with Crippen molar-refractivity contribution in [1.82, 2.24) is 9.97 Å². The average molecular weight is 361 g/mol. The summed E-state index contributed by atoms with van der Waals surface area (Å²) in [6, 6.07) is 10.5. The lowest BCUT2D eigenvalue weighted by Crippen LogP contribution is -2.23. The lowest BCUT2D eigenvalue weighted by atomic mass is 9.95. The molecule has 22 heavy (non-hydrogen) atoms. The third-order valence-electron chi connectivity index (χ3n) is 3.93. The molecule has 3 rings (SSSR count). The zero-order valence-corrected chi connectivity index (χ0v) is 14.4. The highest BCUT2D eigenvalue weighted by Gasteiger charge is 2.14. The van der Waals surface area contributed by atoms with E-state index < -0.39 is 0 Å². The number of hydrogen-bond donors (Lipinski definition) is 2. The summed E-state index contributed by atoms with van der Waals surface area (Å²) in [5.74, 6) is 1.54. The number of aryl methyl sites for hydroxylation is 1. The summed E-state index contributed by atoms with van der Waals surface area (Å²) in [6.45, 7) is 2.00. The van der Waals surface area contributed by atoms with Crippen LogP contribution < -0.4 is 10.6 Å². The fourth-order valence-electron chi connectivity index (χ4n) is 2.84. The Morgan fingerprint density at radius 1 is 1.09 bits per heavy atom. The predicted octanol–water partition coefficient (Wildman–Crippen LogP) is 5.04. The van der Waals surface area contributed by atoms with Gasteiger partial charge in [-0.3, -0.25) is 0 Å². The van der Waals surface area contributed by atoms with Crippen LogP contribution in [0.5, 0.6) is 0 Å². The van der Waals surface area contributed by atoms with Gasteiger partial charge in [-0.15, -0.1) is 0 Å². The Labute approximate surface area is 139 Å². The van der Waals surface area contributed by atoms with E-state index in [4.69, 9.17) is 0 Å². The van der Waals surface area contributed by atoms with E-state index in [9.17, 15) is 0 Å². The van der Waals surface area contributed by atoms with Crippen LogP contribution in [0.4, 0.5) is 17.5 Å². The van der Waals surface area contributed by atoms with Crippen molar-refractivity contribution in [1.29, 1.82) is 0 Å². The van der Waals surface area contributed by atoms with E-state index in [1.165, 1.54) is 32.1 Å². The van der Waals surface area contributed by atoms with Gasteiger partial charge in [-0.1, -0.05) is 31.4 Å². The van der Waals surface area contributed by atoms with E-state index in [1.807, 2.05) is 37.3 Å². The van der Waals surface area contributed by atoms with Gasteiger partial charge in [-0.2, -0.15) is 4.98 Å². The molecule has 0 bridgehead atoms. The van der Waals surface area contributed by atoms with Crippen molar-refractivity contribution in [3.63, 3.8) is 0 Å². The molecule has 1 aliphatic rings. The second-order valence-electron chi connectivity index (χ2n) is 5.80. The smallest absolute Gasteiger partial charge is 0.229 e.